The predicted octanol–water partition coefficient (Wildman–Crippen LogP) is -2.94. The molecule has 26 heavy (non-hydrogen) atoms. The lowest BCUT2D eigenvalue weighted by Gasteiger charge is -2.29. The van der Waals surface area contributed by atoms with Crippen LogP contribution in [0.5, 0.6) is 0 Å². The number of primary amides is 1. The minimum Gasteiger partial charge on any atom is -0.394 e. The molecule has 0 aliphatic carbocycles. The number of hydrogen-bond acceptors (Lipinski definition) is 10. The summed E-state index contributed by atoms with van der Waals surface area (Å²) in [6.07, 6.45) is -2.87. The Hall–Kier alpha value is -2.80. The van der Waals surface area contributed by atoms with E-state index in [1.165, 1.54) is 6.92 Å². The molecule has 1 aliphatic rings. The fraction of sp³-hybridized carbons (Fsp3) is 0.429. The molecule has 3 heterocycles. The van der Waals surface area contributed by atoms with Crippen molar-refractivity contribution in [1.29, 1.82) is 0 Å². The summed E-state index contributed by atoms with van der Waals surface area (Å²) in [5.41, 5.74) is 13.3. The van der Waals surface area contributed by atoms with Crippen LogP contribution in [0.3, 0.4) is 0 Å². The molecule has 1 aliphatic heterocycles. The molecule has 2 aromatic heterocycles. The Bertz CT molecular complexity index is 957. The molecule has 0 spiro atoms. The normalized spacial score (nSPS) is 28.5. The first kappa shape index (κ1) is 18.0. The molecular formula is C14H18N6O6. The number of carbonyl (C=O) groups excluding carboxylic acids is 1. The van der Waals surface area contributed by atoms with E-state index in [0.29, 0.717) is 0 Å². The molecule has 1 fully saturated rings. The van der Waals surface area contributed by atoms with Gasteiger partial charge in [0.2, 0.25) is 11.4 Å². The molecule has 1 unspecified atom stereocenters. The van der Waals surface area contributed by atoms with Gasteiger partial charge in [0.25, 0.3) is 5.91 Å². The van der Waals surface area contributed by atoms with Crippen molar-refractivity contribution in [3.8, 4) is 0 Å². The Kier molecular flexibility index (Phi) is 4.07. The topological polar surface area (TPSA) is 213 Å². The van der Waals surface area contributed by atoms with Gasteiger partial charge in [-0.05, 0) is 6.92 Å². The van der Waals surface area contributed by atoms with Gasteiger partial charge < -0.3 is 41.8 Å². The van der Waals surface area contributed by atoms with Crippen LogP contribution in [0, 0.1) is 0 Å². The van der Waals surface area contributed by atoms with Crippen LogP contribution in [0.25, 0.3) is 11.0 Å². The standard InChI is InChI=1S/C14H18N6O6/c1-14(25)8(23)5(3-21)26-12(14)20-2-4(10(16)24)7(22)6-9(15)18-13(17)19-11(6)20/h2,5,8,12,21,23,25H,3H2,1H3,(H2,16,24)(H4,15,17,18,19)/t5-,8-,12?,14-/m1/s1. The molecule has 1 saturated heterocycles. The number of amides is 1. The highest BCUT2D eigenvalue weighted by molar-refractivity contribution is 5.98. The van der Waals surface area contributed by atoms with Crippen LogP contribution in [-0.2, 0) is 4.74 Å². The maximum atomic E-state index is 12.5. The van der Waals surface area contributed by atoms with Crippen molar-refractivity contribution in [1.82, 2.24) is 14.5 Å². The summed E-state index contributed by atoms with van der Waals surface area (Å²) >= 11 is 0. The van der Waals surface area contributed by atoms with Gasteiger partial charge in [-0.3, -0.25) is 9.59 Å². The molecule has 1 amide bonds. The largest absolute Gasteiger partial charge is 0.394 e. The van der Waals surface area contributed by atoms with Crippen molar-refractivity contribution in [2.45, 2.75) is 31.0 Å². The van der Waals surface area contributed by atoms with E-state index in [1.54, 1.807) is 0 Å². The molecule has 12 nitrogen and oxygen atoms in total. The van der Waals surface area contributed by atoms with Gasteiger partial charge in [-0.2, -0.15) is 9.97 Å². The molecule has 0 radical (unpaired) electrons. The number of nitrogens with zero attached hydrogens (tertiary/aromatic N) is 3. The number of pyridine rings is 1. The average Bonchev–Trinajstić information content (AvgIpc) is 2.77. The first-order valence-corrected chi connectivity index (χ1v) is 7.54. The van der Waals surface area contributed by atoms with E-state index < -0.39 is 47.5 Å². The fourth-order valence-corrected chi connectivity index (χ4v) is 3.03. The Morgan fingerprint density at radius 1 is 1.42 bits per heavy atom. The number of hydrogen-bond donors (Lipinski definition) is 6. The lowest BCUT2D eigenvalue weighted by atomic mass is 9.96. The van der Waals surface area contributed by atoms with Gasteiger partial charge in [0.1, 0.15) is 34.6 Å². The summed E-state index contributed by atoms with van der Waals surface area (Å²) < 4.78 is 6.62. The summed E-state index contributed by atoms with van der Waals surface area (Å²) in [6.45, 7) is 0.688. The third-order valence-corrected chi connectivity index (χ3v) is 4.37. The van der Waals surface area contributed by atoms with Crippen LogP contribution in [0.2, 0.25) is 0 Å². The van der Waals surface area contributed by atoms with E-state index in [-0.39, 0.29) is 22.8 Å². The number of aliphatic hydroxyl groups is 3. The fourth-order valence-electron chi connectivity index (χ4n) is 3.03. The third-order valence-electron chi connectivity index (χ3n) is 4.37. The predicted molar refractivity (Wildman–Crippen MR) is 88.8 cm³/mol. The maximum absolute atomic E-state index is 12.5. The number of fused-ring (bicyclic) bond motifs is 1. The zero-order valence-electron chi connectivity index (χ0n) is 13.7. The number of nitrogens with two attached hydrogens (primary N) is 3. The highest BCUT2D eigenvalue weighted by atomic mass is 16.6. The number of aliphatic hydroxyl groups excluding tert-OH is 2. The van der Waals surface area contributed by atoms with E-state index >= 15 is 0 Å². The molecule has 12 heteroatoms. The van der Waals surface area contributed by atoms with Crippen molar-refractivity contribution in [3.05, 3.63) is 22.0 Å². The lowest BCUT2D eigenvalue weighted by molar-refractivity contribution is -0.0951. The van der Waals surface area contributed by atoms with Crippen LogP contribution in [0.15, 0.2) is 11.0 Å². The highest BCUT2D eigenvalue weighted by Crippen LogP contribution is 2.39. The quantitative estimate of drug-likeness (QED) is 0.325. The van der Waals surface area contributed by atoms with E-state index in [1.807, 2.05) is 0 Å². The van der Waals surface area contributed by atoms with Gasteiger partial charge in [-0.15, -0.1) is 0 Å². The van der Waals surface area contributed by atoms with Crippen molar-refractivity contribution < 1.29 is 24.9 Å². The first-order valence-electron chi connectivity index (χ1n) is 7.54. The molecule has 0 saturated carbocycles. The zero-order valence-corrected chi connectivity index (χ0v) is 13.7. The molecule has 2 aromatic rings. The van der Waals surface area contributed by atoms with E-state index in [9.17, 15) is 24.9 Å². The smallest absolute Gasteiger partial charge is 0.254 e. The van der Waals surface area contributed by atoms with Crippen molar-refractivity contribution in [2.75, 3.05) is 18.1 Å². The lowest BCUT2D eigenvalue weighted by Crippen LogP contribution is -2.44. The van der Waals surface area contributed by atoms with Crippen molar-refractivity contribution in [2.24, 2.45) is 5.73 Å². The first-order chi connectivity index (χ1) is 12.1. The molecule has 0 aromatic carbocycles. The van der Waals surface area contributed by atoms with Crippen molar-refractivity contribution in [3.63, 3.8) is 0 Å². The summed E-state index contributed by atoms with van der Waals surface area (Å²) in [7, 11) is 0. The Morgan fingerprint density at radius 2 is 2.08 bits per heavy atom. The van der Waals surface area contributed by atoms with Gasteiger partial charge in [-0.1, -0.05) is 0 Å². The van der Waals surface area contributed by atoms with Gasteiger partial charge >= 0.3 is 0 Å². The Morgan fingerprint density at radius 3 is 2.62 bits per heavy atom. The van der Waals surface area contributed by atoms with Crippen LogP contribution >= 0.6 is 0 Å². The van der Waals surface area contributed by atoms with E-state index in [0.717, 1.165) is 10.8 Å². The van der Waals surface area contributed by atoms with Gasteiger partial charge in [0.05, 0.1) is 6.61 Å². The monoisotopic (exact) mass is 366 g/mol. The second-order valence-electron chi connectivity index (χ2n) is 6.19. The Labute approximate surface area is 145 Å². The molecule has 0 bridgehead atoms. The van der Waals surface area contributed by atoms with Gasteiger partial charge in [0, 0.05) is 6.20 Å². The minimum atomic E-state index is -1.90. The number of aromatic nitrogens is 3. The minimum absolute atomic E-state index is 0.124. The van der Waals surface area contributed by atoms with Gasteiger partial charge in [-0.25, -0.2) is 0 Å². The summed E-state index contributed by atoms with van der Waals surface area (Å²) in [4.78, 5) is 31.8. The molecule has 3 rings (SSSR count). The van der Waals surface area contributed by atoms with Crippen LogP contribution in [-0.4, -0.2) is 60.2 Å². The zero-order chi connectivity index (χ0) is 19.4. The SMILES string of the molecule is C[C@]1(O)C(n2cc(C(N)=O)c(=O)c3c(N)nc(N)nc32)O[C@H](CO)[C@H]1O. The summed E-state index contributed by atoms with van der Waals surface area (Å²) in [5.74, 6) is -1.59. The molecular weight excluding hydrogens is 348 g/mol. The molecule has 140 valence electrons. The van der Waals surface area contributed by atoms with E-state index in [4.69, 9.17) is 21.9 Å². The second-order valence-corrected chi connectivity index (χ2v) is 6.19. The van der Waals surface area contributed by atoms with Crippen LogP contribution < -0.4 is 22.6 Å². The number of ether oxygens (including phenoxy) is 1. The van der Waals surface area contributed by atoms with Crippen molar-refractivity contribution >= 4 is 28.7 Å². The number of anilines is 2. The summed E-state index contributed by atoms with van der Waals surface area (Å²) in [5, 5.41) is 29.9. The average molecular weight is 366 g/mol. The summed E-state index contributed by atoms with van der Waals surface area (Å²) in [6, 6.07) is 0. The van der Waals surface area contributed by atoms with Gasteiger partial charge in [0.15, 0.2) is 11.9 Å². The van der Waals surface area contributed by atoms with E-state index in [2.05, 4.69) is 9.97 Å². The number of nitrogen functional groups attached to an aromatic ring is 2. The molecule has 9 N–H and O–H groups in total. The second kappa shape index (κ2) is 5.88. The third kappa shape index (κ3) is 2.47. The highest BCUT2D eigenvalue weighted by Gasteiger charge is 2.53. The molecule has 4 atom stereocenters. The number of carbonyl (C=O) groups is 1. The number of rotatable bonds is 3. The van der Waals surface area contributed by atoms with Crippen LogP contribution in [0.4, 0.5) is 11.8 Å². The maximum Gasteiger partial charge on any atom is 0.254 e. The Balaban J connectivity index is 2.38. The van der Waals surface area contributed by atoms with Crippen LogP contribution in [0.1, 0.15) is 23.5 Å².